The van der Waals surface area contributed by atoms with Crippen LogP contribution in [0.2, 0.25) is 0 Å². The van der Waals surface area contributed by atoms with Gasteiger partial charge in [-0.25, -0.2) is 9.59 Å². The van der Waals surface area contributed by atoms with E-state index in [2.05, 4.69) is 0 Å². The van der Waals surface area contributed by atoms with Gasteiger partial charge in [0.1, 0.15) is 25.4 Å². The maximum Gasteiger partial charge on any atom is 0.411 e. The lowest BCUT2D eigenvalue weighted by molar-refractivity contribution is -0.151. The summed E-state index contributed by atoms with van der Waals surface area (Å²) in [7, 11) is 0. The fourth-order valence-corrected chi connectivity index (χ4v) is 3.13. The Morgan fingerprint density at radius 3 is 2.12 bits per heavy atom. The molecular weight excluding hydrogens is 334 g/mol. The predicted octanol–water partition coefficient (Wildman–Crippen LogP) is 2.52. The molecule has 6 heteroatoms. The Kier molecular flexibility index (Phi) is 4.58. The Hall–Kier alpha value is -2.86. The first kappa shape index (κ1) is 16.6. The van der Waals surface area contributed by atoms with E-state index in [1.165, 1.54) is 4.90 Å². The van der Waals surface area contributed by atoms with Crippen LogP contribution in [0.3, 0.4) is 0 Å². The molecule has 1 amide bonds. The molecule has 2 aromatic rings. The molecule has 26 heavy (non-hydrogen) atoms. The number of amides is 1. The molecule has 2 saturated heterocycles. The monoisotopic (exact) mass is 353 g/mol. The molecule has 0 aromatic heterocycles. The number of carbonyl (C=O) groups is 2. The molecule has 6 nitrogen and oxygen atoms in total. The lowest BCUT2D eigenvalue weighted by Crippen LogP contribution is -2.45. The molecule has 0 spiro atoms. The molecule has 0 saturated carbocycles. The van der Waals surface area contributed by atoms with Gasteiger partial charge in [-0.3, -0.25) is 4.90 Å². The number of carbonyl (C=O) groups excluding carboxylic acids is 2. The van der Waals surface area contributed by atoms with E-state index in [4.69, 9.17) is 14.2 Å². The summed E-state index contributed by atoms with van der Waals surface area (Å²) < 4.78 is 16.2. The molecule has 3 atom stereocenters. The van der Waals surface area contributed by atoms with E-state index in [9.17, 15) is 9.59 Å². The Labute approximate surface area is 151 Å². The molecule has 0 unspecified atom stereocenters. The van der Waals surface area contributed by atoms with Gasteiger partial charge in [-0.05, 0) is 11.1 Å². The fourth-order valence-electron chi connectivity index (χ4n) is 3.13. The number of morpholine rings is 1. The van der Waals surface area contributed by atoms with Crippen LogP contribution in [0.25, 0.3) is 0 Å². The average molecular weight is 353 g/mol. The number of benzene rings is 2. The minimum Gasteiger partial charge on any atom is -0.459 e. The van der Waals surface area contributed by atoms with Gasteiger partial charge in [0.2, 0.25) is 0 Å². The van der Waals surface area contributed by atoms with Crippen LogP contribution in [0.15, 0.2) is 60.7 Å². The summed E-state index contributed by atoms with van der Waals surface area (Å²) in [4.78, 5) is 26.3. The second-order valence-corrected chi connectivity index (χ2v) is 6.37. The molecular formula is C20H19NO5. The largest absolute Gasteiger partial charge is 0.459 e. The van der Waals surface area contributed by atoms with Gasteiger partial charge in [-0.2, -0.15) is 0 Å². The summed E-state index contributed by atoms with van der Waals surface area (Å²) >= 11 is 0. The molecule has 0 bridgehead atoms. The third-order valence-electron chi connectivity index (χ3n) is 4.55. The van der Waals surface area contributed by atoms with Gasteiger partial charge in [-0.15, -0.1) is 0 Å². The van der Waals surface area contributed by atoms with Crippen molar-refractivity contribution in [3.05, 3.63) is 71.8 Å². The van der Waals surface area contributed by atoms with Gasteiger partial charge in [0.05, 0.1) is 6.54 Å². The van der Waals surface area contributed by atoms with Crippen LogP contribution < -0.4 is 0 Å². The van der Waals surface area contributed by atoms with Gasteiger partial charge in [0.25, 0.3) is 0 Å². The van der Waals surface area contributed by atoms with Crippen LogP contribution in [0.4, 0.5) is 4.79 Å². The fraction of sp³-hybridized carbons (Fsp3) is 0.300. The van der Waals surface area contributed by atoms with Crippen molar-refractivity contribution < 1.29 is 23.8 Å². The summed E-state index contributed by atoms with van der Waals surface area (Å²) in [5.74, 6) is -0.462. The van der Waals surface area contributed by atoms with Crippen LogP contribution in [-0.4, -0.2) is 41.8 Å². The van der Waals surface area contributed by atoms with Crippen LogP contribution in [0.1, 0.15) is 11.1 Å². The lowest BCUT2D eigenvalue weighted by Gasteiger charge is -2.24. The number of hydrogen-bond donors (Lipinski definition) is 0. The zero-order valence-corrected chi connectivity index (χ0v) is 14.1. The smallest absolute Gasteiger partial charge is 0.411 e. The number of esters is 1. The Morgan fingerprint density at radius 2 is 1.50 bits per heavy atom. The molecule has 134 valence electrons. The molecule has 0 aliphatic carbocycles. The zero-order chi connectivity index (χ0) is 17.9. The van der Waals surface area contributed by atoms with Crippen molar-refractivity contribution in [1.29, 1.82) is 0 Å². The van der Waals surface area contributed by atoms with Crippen molar-refractivity contribution in [2.45, 2.75) is 31.5 Å². The topological polar surface area (TPSA) is 68.4 Å². The van der Waals surface area contributed by atoms with Crippen molar-refractivity contribution in [2.24, 2.45) is 0 Å². The number of fused-ring (bicyclic) bond motifs is 1. The number of likely N-dealkylation sites (tertiary alicyclic amines) is 1. The second kappa shape index (κ2) is 7.17. The minimum atomic E-state index is -0.744. The lowest BCUT2D eigenvalue weighted by atomic mass is 10.2. The Balaban J connectivity index is 1.35. The Bertz CT molecular complexity index is 779. The molecule has 4 rings (SSSR count). The number of hydrogen-bond acceptors (Lipinski definition) is 5. The van der Waals surface area contributed by atoms with E-state index < -0.39 is 18.1 Å². The minimum absolute atomic E-state index is 0.103. The van der Waals surface area contributed by atoms with Gasteiger partial charge in [0.15, 0.2) is 6.04 Å². The van der Waals surface area contributed by atoms with Crippen molar-refractivity contribution in [1.82, 2.24) is 4.90 Å². The number of epoxide rings is 1. The average Bonchev–Trinajstić information content (AvgIpc) is 3.35. The predicted molar refractivity (Wildman–Crippen MR) is 92.0 cm³/mol. The molecule has 2 aromatic carbocycles. The maximum atomic E-state index is 12.5. The second-order valence-electron chi connectivity index (χ2n) is 6.37. The first-order chi connectivity index (χ1) is 12.7. The van der Waals surface area contributed by atoms with Gasteiger partial charge >= 0.3 is 12.1 Å². The van der Waals surface area contributed by atoms with Crippen molar-refractivity contribution >= 4 is 12.1 Å². The third kappa shape index (κ3) is 3.55. The van der Waals surface area contributed by atoms with Crippen molar-refractivity contribution in [2.75, 3.05) is 6.54 Å². The van der Waals surface area contributed by atoms with Gasteiger partial charge in [0, 0.05) is 0 Å². The SMILES string of the molecule is O=C(OCc1ccccc1)[C@@H]1[C@@H]2O[C@H]2CN1C(=O)OCc1ccccc1. The maximum absolute atomic E-state index is 12.5. The van der Waals surface area contributed by atoms with Gasteiger partial charge in [-0.1, -0.05) is 60.7 Å². The van der Waals surface area contributed by atoms with E-state index in [-0.39, 0.29) is 25.4 Å². The molecule has 0 N–H and O–H groups in total. The van der Waals surface area contributed by atoms with Crippen LogP contribution in [0, 0.1) is 0 Å². The van der Waals surface area contributed by atoms with Crippen molar-refractivity contribution in [3.8, 4) is 0 Å². The first-order valence-corrected chi connectivity index (χ1v) is 8.56. The van der Waals surface area contributed by atoms with E-state index in [1.807, 2.05) is 60.7 Å². The van der Waals surface area contributed by atoms with E-state index in [1.54, 1.807) is 0 Å². The standard InChI is InChI=1S/C20H19NO5/c22-19(24-12-14-7-3-1-4-8-14)17-18-16(26-18)11-21(17)20(23)25-13-15-9-5-2-6-10-15/h1-10,16-18H,11-13H2/t16-,17-,18+/m0/s1. The highest BCUT2D eigenvalue weighted by Crippen LogP contribution is 2.37. The third-order valence-corrected chi connectivity index (χ3v) is 4.55. The molecule has 0 radical (unpaired) electrons. The zero-order valence-electron chi connectivity index (χ0n) is 14.1. The Morgan fingerprint density at radius 1 is 0.923 bits per heavy atom. The number of ether oxygens (including phenoxy) is 3. The molecule has 2 aliphatic heterocycles. The van der Waals surface area contributed by atoms with Gasteiger partial charge < -0.3 is 14.2 Å². The highest BCUT2D eigenvalue weighted by Gasteiger charge is 2.60. The molecule has 2 fully saturated rings. The summed E-state index contributed by atoms with van der Waals surface area (Å²) in [6, 6.07) is 18.1. The highest BCUT2D eigenvalue weighted by atomic mass is 16.6. The summed E-state index contributed by atoms with van der Waals surface area (Å²) in [6.07, 6.45) is -0.914. The van der Waals surface area contributed by atoms with E-state index in [0.29, 0.717) is 6.54 Å². The normalized spacial score (nSPS) is 23.2. The van der Waals surface area contributed by atoms with Crippen LogP contribution in [0.5, 0.6) is 0 Å². The molecule has 2 heterocycles. The summed E-state index contributed by atoms with van der Waals surface area (Å²) in [5, 5.41) is 0. The van der Waals surface area contributed by atoms with E-state index in [0.717, 1.165) is 11.1 Å². The van der Waals surface area contributed by atoms with Crippen LogP contribution >= 0.6 is 0 Å². The summed E-state index contributed by atoms with van der Waals surface area (Å²) in [5.41, 5.74) is 1.79. The number of nitrogens with zero attached hydrogens (tertiary/aromatic N) is 1. The highest BCUT2D eigenvalue weighted by molar-refractivity contribution is 5.84. The number of rotatable bonds is 5. The quantitative estimate of drug-likeness (QED) is 0.610. The van der Waals surface area contributed by atoms with Crippen LogP contribution in [-0.2, 0) is 32.2 Å². The first-order valence-electron chi connectivity index (χ1n) is 8.56. The van der Waals surface area contributed by atoms with E-state index >= 15 is 0 Å². The summed E-state index contributed by atoms with van der Waals surface area (Å²) in [6.45, 7) is 0.683. The van der Waals surface area contributed by atoms with Crippen molar-refractivity contribution in [3.63, 3.8) is 0 Å². The molecule has 2 aliphatic rings.